The average Bonchev–Trinajstić information content (AvgIpc) is 2.22. The van der Waals surface area contributed by atoms with Crippen molar-refractivity contribution in [1.82, 2.24) is 5.06 Å². The van der Waals surface area contributed by atoms with Crippen molar-refractivity contribution in [3.8, 4) is 0 Å². The van der Waals surface area contributed by atoms with E-state index in [-0.39, 0.29) is 6.04 Å². The van der Waals surface area contributed by atoms with E-state index in [9.17, 15) is 10.3 Å². The molecule has 0 aromatic rings. The number of hydrogen-bond acceptors (Lipinski definition) is 4. The van der Waals surface area contributed by atoms with Crippen LogP contribution in [0.2, 0.25) is 0 Å². The molecule has 2 atom stereocenters. The van der Waals surface area contributed by atoms with Gasteiger partial charge in [-0.05, 0) is 43.5 Å². The van der Waals surface area contributed by atoms with Crippen molar-refractivity contribution < 1.29 is 5.11 Å². The number of nitrogens with zero attached hydrogens (tertiary/aromatic N) is 1. The number of hydroxylamine groups is 2. The number of aliphatic hydroxyl groups excluding tert-OH is 1. The van der Waals surface area contributed by atoms with E-state index in [4.69, 9.17) is 5.73 Å². The van der Waals surface area contributed by atoms with Gasteiger partial charge in [0.1, 0.15) is 0 Å². The Morgan fingerprint density at radius 3 is 2.81 bits per heavy atom. The summed E-state index contributed by atoms with van der Waals surface area (Å²) in [5.41, 5.74) is 9.63. The smallest absolute Gasteiger partial charge is 0.0913 e. The second-order valence-corrected chi connectivity index (χ2v) is 4.44. The molecule has 88 valence electrons. The van der Waals surface area contributed by atoms with Crippen LogP contribution in [0.15, 0.2) is 34.6 Å². The molecule has 4 heteroatoms. The number of likely N-dealkylation sites (N-methyl/N-ethyl adjacent to an activating group) is 1. The summed E-state index contributed by atoms with van der Waals surface area (Å²) in [4.78, 5) is 0. The molecule has 0 fully saturated rings. The molecule has 0 saturated heterocycles. The summed E-state index contributed by atoms with van der Waals surface area (Å²) < 4.78 is 0. The SMILES string of the molecule is CC1=C(N(C)[O-])C2=C(CC1)C(N)C(O)C=C2. The van der Waals surface area contributed by atoms with Gasteiger partial charge in [-0.1, -0.05) is 12.2 Å². The van der Waals surface area contributed by atoms with Gasteiger partial charge in [-0.15, -0.1) is 0 Å². The molecule has 0 amide bonds. The van der Waals surface area contributed by atoms with E-state index in [1.54, 1.807) is 6.08 Å². The Kier molecular flexibility index (Phi) is 2.88. The highest BCUT2D eigenvalue weighted by atomic mass is 16.5. The first kappa shape index (κ1) is 11.4. The van der Waals surface area contributed by atoms with E-state index in [0.29, 0.717) is 5.70 Å². The Morgan fingerprint density at radius 1 is 1.50 bits per heavy atom. The zero-order valence-electron chi connectivity index (χ0n) is 9.60. The topological polar surface area (TPSA) is 72.5 Å². The molecule has 2 aliphatic rings. The third-order valence-corrected chi connectivity index (χ3v) is 3.32. The molecular formula is C12H17N2O2-. The molecule has 3 N–H and O–H groups in total. The van der Waals surface area contributed by atoms with Crippen LogP contribution in [0, 0.1) is 5.21 Å². The molecule has 16 heavy (non-hydrogen) atoms. The predicted octanol–water partition coefficient (Wildman–Crippen LogP) is 1.04. The lowest BCUT2D eigenvalue weighted by Crippen LogP contribution is -2.39. The van der Waals surface area contributed by atoms with E-state index in [1.165, 1.54) is 7.05 Å². The van der Waals surface area contributed by atoms with Crippen LogP contribution in [0.5, 0.6) is 0 Å². The maximum Gasteiger partial charge on any atom is 0.0913 e. The highest BCUT2D eigenvalue weighted by Gasteiger charge is 2.28. The van der Waals surface area contributed by atoms with Crippen LogP contribution in [0.1, 0.15) is 19.8 Å². The van der Waals surface area contributed by atoms with Crippen molar-refractivity contribution >= 4 is 0 Å². The molecule has 0 aliphatic heterocycles. The minimum Gasteiger partial charge on any atom is -0.758 e. The number of rotatable bonds is 1. The number of nitrogens with two attached hydrogens (primary N) is 1. The first-order chi connectivity index (χ1) is 7.52. The molecule has 0 radical (unpaired) electrons. The third-order valence-electron chi connectivity index (χ3n) is 3.32. The molecule has 4 nitrogen and oxygen atoms in total. The van der Waals surface area contributed by atoms with Gasteiger partial charge < -0.3 is 21.1 Å². The summed E-state index contributed by atoms with van der Waals surface area (Å²) >= 11 is 0. The van der Waals surface area contributed by atoms with Gasteiger partial charge in [0, 0.05) is 5.70 Å². The van der Waals surface area contributed by atoms with Crippen LogP contribution in [-0.4, -0.2) is 29.4 Å². The van der Waals surface area contributed by atoms with Crippen LogP contribution in [0.3, 0.4) is 0 Å². The number of aliphatic hydroxyl groups is 1. The van der Waals surface area contributed by atoms with E-state index in [1.807, 2.05) is 13.0 Å². The maximum atomic E-state index is 11.5. The monoisotopic (exact) mass is 221 g/mol. The van der Waals surface area contributed by atoms with Crippen molar-refractivity contribution in [2.75, 3.05) is 7.05 Å². The molecule has 0 aromatic heterocycles. The van der Waals surface area contributed by atoms with E-state index < -0.39 is 6.10 Å². The Bertz CT molecular complexity index is 394. The van der Waals surface area contributed by atoms with Gasteiger partial charge in [0.25, 0.3) is 0 Å². The zero-order chi connectivity index (χ0) is 11.9. The highest BCUT2D eigenvalue weighted by Crippen LogP contribution is 2.36. The fourth-order valence-corrected chi connectivity index (χ4v) is 2.45. The largest absolute Gasteiger partial charge is 0.758 e. The van der Waals surface area contributed by atoms with Gasteiger partial charge >= 0.3 is 0 Å². The molecule has 2 unspecified atom stereocenters. The Balaban J connectivity index is 2.47. The van der Waals surface area contributed by atoms with E-state index in [2.05, 4.69) is 0 Å². The molecule has 0 heterocycles. The minimum atomic E-state index is -0.629. The van der Waals surface area contributed by atoms with Crippen molar-refractivity contribution in [3.05, 3.63) is 39.8 Å². The fraction of sp³-hybridized carbons (Fsp3) is 0.500. The Labute approximate surface area is 95.3 Å². The molecule has 0 spiro atoms. The summed E-state index contributed by atoms with van der Waals surface area (Å²) in [7, 11) is 1.50. The van der Waals surface area contributed by atoms with Crippen LogP contribution in [-0.2, 0) is 0 Å². The zero-order valence-corrected chi connectivity index (χ0v) is 9.60. The highest BCUT2D eigenvalue weighted by molar-refractivity contribution is 5.52. The van der Waals surface area contributed by atoms with Crippen LogP contribution < -0.4 is 5.73 Å². The summed E-state index contributed by atoms with van der Waals surface area (Å²) in [6.45, 7) is 1.97. The standard InChI is InChI=1S/C12H17N2O2/c1-7-3-4-8-9(12(7)14(2)16)5-6-10(15)11(8)13/h5-6,10-11,15H,3-4,13H2,1-2H3/q-1. The second kappa shape index (κ2) is 4.05. The van der Waals surface area contributed by atoms with Crippen LogP contribution in [0.4, 0.5) is 0 Å². The maximum absolute atomic E-state index is 11.5. The third kappa shape index (κ3) is 1.69. The van der Waals surface area contributed by atoms with Crippen LogP contribution in [0.25, 0.3) is 0 Å². The summed E-state index contributed by atoms with van der Waals surface area (Å²) in [6, 6.07) is -0.372. The van der Waals surface area contributed by atoms with Crippen molar-refractivity contribution in [2.45, 2.75) is 31.9 Å². The van der Waals surface area contributed by atoms with E-state index in [0.717, 1.165) is 34.6 Å². The predicted molar refractivity (Wildman–Crippen MR) is 63.2 cm³/mol. The first-order valence-electron chi connectivity index (χ1n) is 5.48. The van der Waals surface area contributed by atoms with Gasteiger partial charge in [0.05, 0.1) is 12.1 Å². The van der Waals surface area contributed by atoms with Crippen molar-refractivity contribution in [2.24, 2.45) is 5.73 Å². The molecule has 0 saturated carbocycles. The lowest BCUT2D eigenvalue weighted by atomic mass is 9.81. The lowest BCUT2D eigenvalue weighted by Gasteiger charge is -2.38. The van der Waals surface area contributed by atoms with E-state index >= 15 is 0 Å². The molecule has 0 bridgehead atoms. The lowest BCUT2D eigenvalue weighted by molar-refractivity contribution is 0.199. The quantitative estimate of drug-likeness (QED) is 0.649. The number of hydrogen-bond donors (Lipinski definition) is 2. The Morgan fingerprint density at radius 2 is 2.19 bits per heavy atom. The molecule has 0 aromatic carbocycles. The summed E-state index contributed by atoms with van der Waals surface area (Å²) in [5, 5.41) is 22.1. The Hall–Kier alpha value is -1.10. The second-order valence-electron chi connectivity index (χ2n) is 4.44. The molecular weight excluding hydrogens is 204 g/mol. The molecule has 2 aliphatic carbocycles. The van der Waals surface area contributed by atoms with Crippen molar-refractivity contribution in [1.29, 1.82) is 0 Å². The van der Waals surface area contributed by atoms with Crippen molar-refractivity contribution in [3.63, 3.8) is 0 Å². The average molecular weight is 221 g/mol. The minimum absolute atomic E-state index is 0.372. The first-order valence-corrected chi connectivity index (χ1v) is 5.48. The fourth-order valence-electron chi connectivity index (χ4n) is 2.45. The summed E-state index contributed by atoms with van der Waals surface area (Å²) in [5.74, 6) is 0. The van der Waals surface area contributed by atoms with Gasteiger partial charge in [-0.3, -0.25) is 0 Å². The normalized spacial score (nSPS) is 29.6. The van der Waals surface area contributed by atoms with Gasteiger partial charge in [-0.25, -0.2) is 0 Å². The van der Waals surface area contributed by atoms with Crippen LogP contribution >= 0.6 is 0 Å². The van der Waals surface area contributed by atoms with Gasteiger partial charge in [-0.2, -0.15) is 0 Å². The molecule has 2 rings (SSSR count). The van der Waals surface area contributed by atoms with Gasteiger partial charge in [0.15, 0.2) is 0 Å². The number of allylic oxidation sites excluding steroid dienone is 2. The summed E-state index contributed by atoms with van der Waals surface area (Å²) in [6.07, 6.45) is 4.52. The van der Waals surface area contributed by atoms with Gasteiger partial charge in [0.2, 0.25) is 0 Å².